The van der Waals surface area contributed by atoms with Crippen LogP contribution in [0.25, 0.3) is 0 Å². The number of hydrogen-bond donors (Lipinski definition) is 4. The summed E-state index contributed by atoms with van der Waals surface area (Å²) >= 11 is 5.31. The van der Waals surface area contributed by atoms with Crippen LogP contribution >= 0.6 is 12.2 Å². The number of carboxylic acid groups (broad SMARTS) is 6. The van der Waals surface area contributed by atoms with Crippen molar-refractivity contribution in [3.05, 3.63) is 29.8 Å². The van der Waals surface area contributed by atoms with Crippen LogP contribution in [0, 0.1) is 0 Å². The Morgan fingerprint density at radius 3 is 1.77 bits per heavy atom. The Labute approximate surface area is 334 Å². The van der Waals surface area contributed by atoms with Crippen LogP contribution in [0.2, 0.25) is 0 Å². The Kier molecular flexibility index (Phi) is 21.6. The molecule has 1 aromatic rings. The van der Waals surface area contributed by atoms with Gasteiger partial charge in [-0.05, 0) is 68.4 Å². The van der Waals surface area contributed by atoms with Crippen molar-refractivity contribution in [3.8, 4) is 0 Å². The van der Waals surface area contributed by atoms with Gasteiger partial charge in [0.2, 0.25) is 0 Å². The predicted molar refractivity (Wildman–Crippen MR) is 176 cm³/mol. The Morgan fingerprint density at radius 1 is 0.808 bits per heavy atom. The molecule has 0 unspecified atom stereocenters. The molecule has 4 atom stereocenters. The van der Waals surface area contributed by atoms with Gasteiger partial charge in [-0.3, -0.25) is 19.5 Å². The number of carbonyl (C=O) groups is 6. The van der Waals surface area contributed by atoms with Gasteiger partial charge in [-0.25, -0.2) is 0 Å². The third-order valence-corrected chi connectivity index (χ3v) is 8.73. The van der Waals surface area contributed by atoms with Gasteiger partial charge in [-0.1, -0.05) is 25.0 Å². The largest absolute Gasteiger partial charge is 3.00 e. The number of unbranched alkanes of at least 4 members (excludes halogenated alkanes) is 1. The molecule has 18 nitrogen and oxygen atoms in total. The quantitative estimate of drug-likeness (QED) is 0.0557. The van der Waals surface area contributed by atoms with Crippen LogP contribution in [0.3, 0.4) is 0 Å². The van der Waals surface area contributed by atoms with E-state index < -0.39 is 92.7 Å². The van der Waals surface area contributed by atoms with Crippen molar-refractivity contribution >= 4 is 58.8 Å². The first kappa shape index (κ1) is 46.7. The first-order valence-corrected chi connectivity index (χ1v) is 16.8. The standard InChI is InChI=1S/C32H48N6O12S.Y/c33-23(31(49)50)5-3-4-12-34-32(51)35-21-10-8-20(9-11-21)13-22(36(15-26(39)40)16-27(41)42)14-37(17-28(43)44)24-6-1-2-7-25(24)38(18-29(45)46)19-30(47)48;/h8-11,22-25H,1-7,12-19,33H2,(H,39,40)(H,41,42)(H,43,44)(H,45,46)(H,47,48)(H,49,50)(H2,34,35,51);/q;+3/p-3/t22-,23+,24+,25+;/m1./s1/i;1+1. The average molecular weight is 828 g/mol. The number of nitrogens with two attached hydrogens (primary N) is 1. The summed E-state index contributed by atoms with van der Waals surface area (Å²) in [5.74, 6) is -8.87. The average Bonchev–Trinajstić information content (AvgIpc) is 3.03. The smallest absolute Gasteiger partial charge is 0.549 e. The fourth-order valence-electron chi connectivity index (χ4n) is 6.26. The van der Waals surface area contributed by atoms with Gasteiger partial charge >= 0.3 is 41.5 Å². The van der Waals surface area contributed by atoms with Gasteiger partial charge in [-0.15, -0.1) is 0 Å². The van der Waals surface area contributed by atoms with E-state index in [1.165, 1.54) is 4.90 Å². The molecule has 0 radical (unpaired) electrons. The number of rotatable bonds is 24. The Balaban J connectivity index is 0. The van der Waals surface area contributed by atoms with E-state index in [1.807, 2.05) is 0 Å². The molecular weight excluding hydrogens is 782 g/mol. The minimum atomic E-state index is -1.59. The minimum Gasteiger partial charge on any atom is -0.549 e. The number of aliphatic carboxylic acids is 6. The van der Waals surface area contributed by atoms with Crippen LogP contribution in [0.4, 0.5) is 5.69 Å². The molecule has 284 valence electrons. The number of nitrogens with one attached hydrogen (secondary N) is 2. The van der Waals surface area contributed by atoms with Crippen LogP contribution in [-0.2, 0) is 67.9 Å². The summed E-state index contributed by atoms with van der Waals surface area (Å²) in [5.41, 5.74) is 6.67. The van der Waals surface area contributed by atoms with E-state index in [-0.39, 0.29) is 48.5 Å². The van der Waals surface area contributed by atoms with Crippen molar-refractivity contribution in [1.29, 1.82) is 0 Å². The van der Waals surface area contributed by atoms with Crippen LogP contribution < -0.4 is 41.9 Å². The number of nitrogens with zero attached hydrogens (tertiary/aromatic N) is 3. The molecule has 1 aliphatic rings. The first-order chi connectivity index (χ1) is 24.0. The first-order valence-electron chi connectivity index (χ1n) is 16.4. The van der Waals surface area contributed by atoms with E-state index in [4.69, 9.17) is 23.1 Å². The van der Waals surface area contributed by atoms with Crippen molar-refractivity contribution in [3.63, 3.8) is 0 Å². The number of carboxylic acids is 6. The molecule has 1 fully saturated rings. The fraction of sp³-hybridized carbons (Fsp3) is 0.594. The summed E-state index contributed by atoms with van der Waals surface area (Å²) in [6, 6.07) is 3.29. The van der Waals surface area contributed by atoms with Gasteiger partial charge in [0, 0.05) is 69.6 Å². The second kappa shape index (κ2) is 24.1. The van der Waals surface area contributed by atoms with Crippen LogP contribution in [0.15, 0.2) is 24.3 Å². The second-order valence-corrected chi connectivity index (χ2v) is 12.8. The molecule has 1 saturated carbocycles. The zero-order valence-electron chi connectivity index (χ0n) is 30.6. The monoisotopic (exact) mass is 827 g/mol. The Bertz CT molecular complexity index is 1350. The molecule has 0 amide bonds. The van der Waals surface area contributed by atoms with Crippen molar-refractivity contribution in [2.24, 2.45) is 5.73 Å². The number of anilines is 1. The van der Waals surface area contributed by atoms with Gasteiger partial charge in [-0.2, -0.15) is 0 Å². The molecule has 0 saturated heterocycles. The molecule has 5 N–H and O–H groups in total. The van der Waals surface area contributed by atoms with Crippen LogP contribution in [0.5, 0.6) is 0 Å². The minimum absolute atomic E-state index is 0. The summed E-state index contributed by atoms with van der Waals surface area (Å²) < 4.78 is 0. The van der Waals surface area contributed by atoms with Gasteiger partial charge in [0.15, 0.2) is 5.11 Å². The van der Waals surface area contributed by atoms with Crippen molar-refractivity contribution in [1.82, 2.24) is 20.0 Å². The van der Waals surface area contributed by atoms with E-state index in [0.717, 1.165) is 9.80 Å². The second-order valence-electron chi connectivity index (χ2n) is 12.4. The third-order valence-electron chi connectivity index (χ3n) is 8.48. The van der Waals surface area contributed by atoms with Crippen molar-refractivity contribution in [2.75, 3.05) is 51.1 Å². The molecule has 1 aliphatic carbocycles. The number of thiocarbonyl (C=S) groups is 1. The molecule has 52 heavy (non-hydrogen) atoms. The summed E-state index contributed by atoms with van der Waals surface area (Å²) in [7, 11) is 0. The van der Waals surface area contributed by atoms with Gasteiger partial charge in [0.1, 0.15) is 6.04 Å². The molecule has 1 aromatic carbocycles. The van der Waals surface area contributed by atoms with Crippen molar-refractivity contribution < 1.29 is 95.0 Å². The maximum absolute atomic E-state index is 12.0. The maximum Gasteiger partial charge on any atom is 3.00 e. The van der Waals surface area contributed by atoms with Gasteiger partial charge in [0.05, 0.1) is 29.8 Å². The van der Waals surface area contributed by atoms with E-state index in [2.05, 4.69) is 10.6 Å². The van der Waals surface area contributed by atoms with E-state index >= 15 is 0 Å². The number of benzene rings is 1. The molecule has 0 aromatic heterocycles. The van der Waals surface area contributed by atoms with E-state index in [0.29, 0.717) is 67.9 Å². The van der Waals surface area contributed by atoms with Gasteiger partial charge in [0.25, 0.3) is 0 Å². The normalized spacial score (nSPS) is 16.8. The molecular formula is C32H45N6O12SY. The predicted octanol–water partition coefficient (Wildman–Crippen LogP) is -6.34. The molecule has 2 rings (SSSR count). The SMILES string of the molecule is N[C@@H](CCCCNC(=S)Nc1ccc(C[C@H](CN(CC(=O)[O-])[C@H]2CCCC[C@@H]2N(CC(=O)[O-])CC(=O)[O-])N(CC(=O)[O-])CC(=O)[O-])cc1)C(=O)O.[90Y+3].[H+].[H+]. The Hall–Kier alpha value is -3.33. The van der Waals surface area contributed by atoms with E-state index in [1.54, 1.807) is 24.3 Å². The summed E-state index contributed by atoms with van der Waals surface area (Å²) in [6.45, 7) is -3.67. The molecule has 0 bridgehead atoms. The van der Waals surface area contributed by atoms with Crippen molar-refractivity contribution in [2.45, 2.75) is 75.5 Å². The molecule has 0 aliphatic heterocycles. The zero-order chi connectivity index (χ0) is 38.1. The number of hydrogen-bond acceptors (Lipinski definition) is 16. The third kappa shape index (κ3) is 17.9. The molecule has 0 heterocycles. The molecule has 20 heteroatoms. The topological polar surface area (TPSA) is 298 Å². The summed E-state index contributed by atoms with van der Waals surface area (Å²) in [4.78, 5) is 72.9. The fourth-order valence-corrected chi connectivity index (χ4v) is 6.48. The van der Waals surface area contributed by atoms with Gasteiger partial charge < -0.3 is 71.0 Å². The summed E-state index contributed by atoms with van der Waals surface area (Å²) in [6.07, 6.45) is 3.35. The molecule has 0 spiro atoms. The van der Waals surface area contributed by atoms with Crippen LogP contribution in [0.1, 0.15) is 53.4 Å². The van der Waals surface area contributed by atoms with Crippen LogP contribution in [-0.4, -0.2) is 131 Å². The van der Waals surface area contributed by atoms with E-state index in [9.17, 15) is 54.3 Å². The maximum atomic E-state index is 12.0. The summed E-state index contributed by atoms with van der Waals surface area (Å²) in [5, 5.41) is 73.6. The zero-order valence-corrected chi connectivity index (χ0v) is 32.2. The Morgan fingerprint density at radius 2 is 1.29 bits per heavy atom. The number of carbonyl (C=O) groups excluding carboxylic acids is 5.